The van der Waals surface area contributed by atoms with Crippen LogP contribution in [0.5, 0.6) is 0 Å². The summed E-state index contributed by atoms with van der Waals surface area (Å²) >= 11 is 0. The molecule has 0 atom stereocenters. The number of allylic oxidation sites excluding steroid dienone is 3. The van der Waals surface area contributed by atoms with Crippen LogP contribution in [0.15, 0.2) is 30.3 Å². The number of aromatic amines is 2. The normalized spacial score (nSPS) is 12.8. The van der Waals surface area contributed by atoms with Crippen molar-refractivity contribution in [2.45, 2.75) is 53.4 Å². The van der Waals surface area contributed by atoms with Crippen LogP contribution in [0.4, 0.5) is 0 Å². The summed E-state index contributed by atoms with van der Waals surface area (Å²) in [5.74, 6) is -1.73. The molecule has 0 spiro atoms. The molecule has 39 heavy (non-hydrogen) atoms. The number of aryl methyl sites for hydroxylation is 3. The van der Waals surface area contributed by atoms with Gasteiger partial charge < -0.3 is 20.2 Å². The number of carboxylic acid groups (broad SMARTS) is 2. The zero-order valence-electron chi connectivity index (χ0n) is 22.3. The molecule has 5 heterocycles. The van der Waals surface area contributed by atoms with Gasteiger partial charge in [-0.05, 0) is 110 Å². The number of carbonyl (C=O) groups is 2. The third-order valence-electron chi connectivity index (χ3n) is 7.26. The Balaban J connectivity index is 0.00000353. The van der Waals surface area contributed by atoms with E-state index in [-0.39, 0.29) is 29.9 Å². The van der Waals surface area contributed by atoms with E-state index in [1.165, 1.54) is 0 Å². The van der Waals surface area contributed by atoms with Gasteiger partial charge in [0.05, 0.1) is 22.8 Å². The van der Waals surface area contributed by atoms with E-state index >= 15 is 0 Å². The molecule has 0 saturated carbocycles. The predicted octanol–water partition coefficient (Wildman–Crippen LogP) is 6.30. The Morgan fingerprint density at radius 2 is 1.46 bits per heavy atom. The first-order valence-electron chi connectivity index (χ1n) is 12.6. The van der Waals surface area contributed by atoms with E-state index in [0.717, 1.165) is 72.6 Å². The minimum Gasteiger partial charge on any atom is -0.481 e. The number of aromatic nitrogens is 4. The summed E-state index contributed by atoms with van der Waals surface area (Å²) in [6.07, 6.45) is 2.74. The minimum absolute atomic E-state index is 0. The monoisotopic (exact) mass is 566 g/mol. The molecular weight excluding hydrogens is 536 g/mol. The van der Waals surface area contributed by atoms with Crippen LogP contribution in [0, 0.1) is 13.8 Å². The molecule has 0 radical (unpaired) electrons. The largest absolute Gasteiger partial charge is 0.481 e. The number of rotatable bonds is 6. The van der Waals surface area contributed by atoms with E-state index in [1.54, 1.807) is 0 Å². The zero-order valence-corrected chi connectivity index (χ0v) is 23.4. The molecule has 9 heteroatoms. The van der Waals surface area contributed by atoms with E-state index < -0.39 is 11.9 Å². The van der Waals surface area contributed by atoms with Crippen molar-refractivity contribution in [1.82, 2.24) is 19.9 Å². The molecule has 3 aromatic rings. The first kappa shape index (κ1) is 28.1. The van der Waals surface area contributed by atoms with Crippen molar-refractivity contribution in [3.8, 4) is 0 Å². The smallest absolute Gasteiger partial charge is 0.303 e. The third kappa shape index (κ3) is 5.75. The second-order valence-electron chi connectivity index (χ2n) is 9.98. The topological polar surface area (TPSA) is 132 Å². The van der Waals surface area contributed by atoms with Crippen LogP contribution in [0.3, 0.4) is 0 Å². The first-order valence-corrected chi connectivity index (χ1v) is 12.6. The fraction of sp³-hybridized carbons (Fsp3) is 0.267. The minimum atomic E-state index is -0.868. The molecule has 8 nitrogen and oxygen atoms in total. The zero-order chi connectivity index (χ0) is 27.1. The summed E-state index contributed by atoms with van der Waals surface area (Å²) in [6, 6.07) is 9.98. The fourth-order valence-corrected chi connectivity index (χ4v) is 5.11. The van der Waals surface area contributed by atoms with Gasteiger partial charge in [0.2, 0.25) is 0 Å². The van der Waals surface area contributed by atoms with Gasteiger partial charge in [0, 0.05) is 52.0 Å². The fourth-order valence-electron chi connectivity index (χ4n) is 5.11. The van der Waals surface area contributed by atoms with Gasteiger partial charge in [0.25, 0.3) is 0 Å². The summed E-state index contributed by atoms with van der Waals surface area (Å²) in [5, 5.41) is 18.7. The van der Waals surface area contributed by atoms with E-state index in [9.17, 15) is 19.8 Å². The number of H-pyrrole nitrogens is 2. The number of hydrogen-bond donors (Lipinski definition) is 4. The Bertz CT molecular complexity index is 1730. The second kappa shape index (κ2) is 11.0. The molecule has 0 fully saturated rings. The third-order valence-corrected chi connectivity index (χ3v) is 7.26. The number of nitrogens with one attached hydrogen (secondary N) is 2. The quantitative estimate of drug-likeness (QED) is 0.259. The first-order chi connectivity index (χ1) is 18.1. The molecule has 3 aromatic heterocycles. The van der Waals surface area contributed by atoms with Crippen molar-refractivity contribution in [3.05, 3.63) is 69.8 Å². The number of nitrogens with zero attached hydrogens (tertiary/aromatic N) is 2. The Labute approximate surface area is 236 Å². The van der Waals surface area contributed by atoms with Crippen LogP contribution in [0.25, 0.3) is 44.9 Å². The Morgan fingerprint density at radius 1 is 0.769 bits per heavy atom. The average Bonchev–Trinajstić information content (AvgIpc) is 3.53. The van der Waals surface area contributed by atoms with Crippen LogP contribution in [0.1, 0.15) is 72.6 Å². The SMILES string of the molecule is CC1=Cc2cc3[nH]c(cc4nc(cc5[nH]c(cc1n2)c(C)c5CCC(=O)O)C(CCC(=O)O)=C4C)cc3C.[Fe]. The number of carboxylic acids is 2. The Hall–Kier alpha value is -3.94. The molecule has 0 unspecified atom stereocenters. The number of aliphatic carboxylic acids is 2. The van der Waals surface area contributed by atoms with Crippen LogP contribution in [-0.4, -0.2) is 42.1 Å². The Morgan fingerprint density at radius 3 is 2.18 bits per heavy atom. The maximum atomic E-state index is 11.4. The molecule has 0 aliphatic carbocycles. The van der Waals surface area contributed by atoms with E-state index in [4.69, 9.17) is 9.97 Å². The second-order valence-corrected chi connectivity index (χ2v) is 9.98. The summed E-state index contributed by atoms with van der Waals surface area (Å²) in [5.41, 5.74) is 12.4. The maximum absolute atomic E-state index is 11.4. The molecule has 5 rings (SSSR count). The average molecular weight is 566 g/mol. The summed E-state index contributed by atoms with van der Waals surface area (Å²) in [6.45, 7) is 8.01. The number of hydrogen-bond acceptors (Lipinski definition) is 4. The van der Waals surface area contributed by atoms with Gasteiger partial charge in [-0.25, -0.2) is 9.97 Å². The van der Waals surface area contributed by atoms with E-state index in [0.29, 0.717) is 18.5 Å². The van der Waals surface area contributed by atoms with Crippen molar-refractivity contribution in [1.29, 1.82) is 0 Å². The van der Waals surface area contributed by atoms with Gasteiger partial charge >= 0.3 is 11.9 Å². The van der Waals surface area contributed by atoms with Crippen molar-refractivity contribution in [3.63, 3.8) is 0 Å². The van der Waals surface area contributed by atoms with Crippen molar-refractivity contribution in [2.24, 2.45) is 0 Å². The van der Waals surface area contributed by atoms with Crippen molar-refractivity contribution >= 4 is 56.8 Å². The Kier molecular flexibility index (Phi) is 7.95. The van der Waals surface area contributed by atoms with Gasteiger partial charge in [-0.3, -0.25) is 9.59 Å². The molecule has 8 bridgehead atoms. The predicted molar refractivity (Wildman–Crippen MR) is 149 cm³/mol. The van der Waals surface area contributed by atoms with Gasteiger partial charge in [0.1, 0.15) is 0 Å². The van der Waals surface area contributed by atoms with Gasteiger partial charge in [-0.1, -0.05) is 0 Å². The molecule has 0 aromatic carbocycles. The molecule has 0 amide bonds. The van der Waals surface area contributed by atoms with Gasteiger partial charge in [0.15, 0.2) is 0 Å². The van der Waals surface area contributed by atoms with Crippen LogP contribution >= 0.6 is 0 Å². The molecule has 202 valence electrons. The van der Waals surface area contributed by atoms with Crippen LogP contribution in [0.2, 0.25) is 0 Å². The molecule has 2 aliphatic heterocycles. The van der Waals surface area contributed by atoms with Crippen molar-refractivity contribution < 1.29 is 36.9 Å². The maximum Gasteiger partial charge on any atom is 0.303 e. The summed E-state index contributed by atoms with van der Waals surface area (Å²) in [7, 11) is 0. The molecule has 4 N–H and O–H groups in total. The van der Waals surface area contributed by atoms with Gasteiger partial charge in [-0.15, -0.1) is 0 Å². The number of fused-ring (bicyclic) bond motifs is 8. The van der Waals surface area contributed by atoms with Crippen LogP contribution in [-0.2, 0) is 33.1 Å². The summed E-state index contributed by atoms with van der Waals surface area (Å²) < 4.78 is 0. The molecule has 2 aliphatic rings. The van der Waals surface area contributed by atoms with E-state index in [2.05, 4.69) is 16.0 Å². The van der Waals surface area contributed by atoms with E-state index in [1.807, 2.05) is 58.0 Å². The molecule has 0 saturated heterocycles. The summed E-state index contributed by atoms with van der Waals surface area (Å²) in [4.78, 5) is 39.5. The standard InChI is InChI=1S/C30H30N4O4.Fe/c1-15-9-20-12-25-17(3)21(5-7-29(35)36)27(33-25)14-28-22(6-8-30(37)38)18(4)26(34-28)13-24-16(2)10-19(32-24)11-23(15)31-20;/h9-14,31,34H,5-8H2,1-4H3,(H,35,36)(H,37,38);. The van der Waals surface area contributed by atoms with Gasteiger partial charge in [-0.2, -0.15) is 0 Å². The van der Waals surface area contributed by atoms with Crippen molar-refractivity contribution in [2.75, 3.05) is 0 Å². The molecular formula is C30H30FeN4O4. The van der Waals surface area contributed by atoms with Crippen LogP contribution < -0.4 is 0 Å².